The number of benzene rings is 1. The average Bonchev–Trinajstić information content (AvgIpc) is 2.35. The zero-order chi connectivity index (χ0) is 13.2. The molecule has 0 unspecified atom stereocenters. The van der Waals surface area contributed by atoms with Crippen molar-refractivity contribution in [1.82, 2.24) is 4.98 Å². The van der Waals surface area contributed by atoms with E-state index in [1.807, 2.05) is 6.20 Å². The van der Waals surface area contributed by atoms with Gasteiger partial charge in [0, 0.05) is 29.9 Å². The minimum Gasteiger partial charge on any atom is -0.395 e. The zero-order valence-corrected chi connectivity index (χ0v) is 11.3. The van der Waals surface area contributed by atoms with Crippen molar-refractivity contribution >= 4 is 16.6 Å². The third kappa shape index (κ3) is 2.30. The number of nitrogens with zero attached hydrogens (tertiary/aromatic N) is 2. The van der Waals surface area contributed by atoms with E-state index >= 15 is 0 Å². The number of rotatable bonds is 4. The van der Waals surface area contributed by atoms with Crippen molar-refractivity contribution in [3.63, 3.8) is 0 Å². The van der Waals surface area contributed by atoms with Crippen LogP contribution in [0, 0.1) is 6.92 Å². The van der Waals surface area contributed by atoms with Crippen molar-refractivity contribution in [2.75, 3.05) is 18.1 Å². The van der Waals surface area contributed by atoms with Crippen LogP contribution in [-0.4, -0.2) is 29.3 Å². The molecular formula is C16H20N2O. The first-order valence-corrected chi connectivity index (χ1v) is 7.02. The number of anilines is 1. The van der Waals surface area contributed by atoms with Crippen LogP contribution < -0.4 is 4.90 Å². The Kier molecular flexibility index (Phi) is 3.38. The van der Waals surface area contributed by atoms with Gasteiger partial charge in [-0.05, 0) is 44.4 Å². The maximum Gasteiger partial charge on any atom is 0.0722 e. The molecule has 0 amide bonds. The second kappa shape index (κ2) is 5.17. The molecule has 1 N–H and O–H groups in total. The van der Waals surface area contributed by atoms with Crippen LogP contribution in [-0.2, 0) is 0 Å². The molecule has 100 valence electrons. The van der Waals surface area contributed by atoms with Crippen molar-refractivity contribution in [3.05, 3.63) is 36.0 Å². The Bertz CT molecular complexity index is 578. The van der Waals surface area contributed by atoms with Gasteiger partial charge in [0.2, 0.25) is 0 Å². The van der Waals surface area contributed by atoms with Crippen LogP contribution in [0.15, 0.2) is 30.5 Å². The van der Waals surface area contributed by atoms with Crippen LogP contribution in [0.25, 0.3) is 10.9 Å². The van der Waals surface area contributed by atoms with Crippen molar-refractivity contribution < 1.29 is 5.11 Å². The van der Waals surface area contributed by atoms with E-state index in [1.165, 1.54) is 35.9 Å². The molecule has 1 aliphatic carbocycles. The first kappa shape index (κ1) is 12.4. The maximum atomic E-state index is 9.34. The molecule has 1 aromatic carbocycles. The van der Waals surface area contributed by atoms with Crippen LogP contribution in [0.4, 0.5) is 5.69 Å². The first-order valence-electron chi connectivity index (χ1n) is 7.02. The van der Waals surface area contributed by atoms with Crippen LogP contribution in [0.2, 0.25) is 0 Å². The van der Waals surface area contributed by atoms with Gasteiger partial charge >= 0.3 is 0 Å². The lowest BCUT2D eigenvalue weighted by Crippen LogP contribution is -2.42. The number of hydrogen-bond acceptors (Lipinski definition) is 3. The summed E-state index contributed by atoms with van der Waals surface area (Å²) in [6.07, 6.45) is 5.63. The molecule has 3 rings (SSSR count). The molecule has 3 nitrogen and oxygen atoms in total. The number of hydrogen-bond donors (Lipinski definition) is 1. The maximum absolute atomic E-state index is 9.34. The third-order valence-electron chi connectivity index (χ3n) is 4.04. The molecule has 0 aliphatic heterocycles. The largest absolute Gasteiger partial charge is 0.395 e. The molecule has 1 fully saturated rings. The summed E-state index contributed by atoms with van der Waals surface area (Å²) in [7, 11) is 0. The van der Waals surface area contributed by atoms with E-state index in [0.717, 1.165) is 5.52 Å². The minimum atomic E-state index is 0.201. The van der Waals surface area contributed by atoms with Gasteiger partial charge in [0.05, 0.1) is 12.1 Å². The first-order chi connectivity index (χ1) is 9.29. The quantitative estimate of drug-likeness (QED) is 0.913. The fraction of sp³-hybridized carbons (Fsp3) is 0.438. The third-order valence-corrected chi connectivity index (χ3v) is 4.04. The van der Waals surface area contributed by atoms with Gasteiger partial charge in [-0.3, -0.25) is 4.98 Å². The van der Waals surface area contributed by atoms with E-state index in [-0.39, 0.29) is 6.61 Å². The minimum absolute atomic E-state index is 0.201. The molecule has 0 spiro atoms. The molecular weight excluding hydrogens is 236 g/mol. The monoisotopic (exact) mass is 256 g/mol. The smallest absolute Gasteiger partial charge is 0.0722 e. The topological polar surface area (TPSA) is 36.4 Å². The Labute approximate surface area is 113 Å². The van der Waals surface area contributed by atoms with E-state index in [2.05, 4.69) is 41.1 Å². The van der Waals surface area contributed by atoms with Crippen molar-refractivity contribution in [2.45, 2.75) is 32.2 Å². The normalized spacial score (nSPS) is 15.5. The predicted molar refractivity (Wildman–Crippen MR) is 78.6 cm³/mol. The van der Waals surface area contributed by atoms with E-state index in [1.54, 1.807) is 0 Å². The molecule has 3 heteroatoms. The average molecular weight is 256 g/mol. The van der Waals surface area contributed by atoms with Crippen LogP contribution in [0.1, 0.15) is 24.8 Å². The van der Waals surface area contributed by atoms with Crippen LogP contribution >= 0.6 is 0 Å². The summed E-state index contributed by atoms with van der Waals surface area (Å²) in [4.78, 5) is 6.79. The number of aryl methyl sites for hydroxylation is 1. The lowest BCUT2D eigenvalue weighted by atomic mass is 9.90. The van der Waals surface area contributed by atoms with Gasteiger partial charge in [-0.2, -0.15) is 0 Å². The fourth-order valence-electron chi connectivity index (χ4n) is 2.80. The Morgan fingerprint density at radius 3 is 2.84 bits per heavy atom. The Hall–Kier alpha value is -1.61. The SMILES string of the molecule is Cc1ccc2nccc(N(CCO)C3CCC3)c2c1. The second-order valence-corrected chi connectivity index (χ2v) is 5.35. The fourth-order valence-corrected chi connectivity index (χ4v) is 2.80. The van der Waals surface area contributed by atoms with Crippen molar-refractivity contribution in [3.8, 4) is 0 Å². The van der Waals surface area contributed by atoms with Gasteiger partial charge < -0.3 is 10.0 Å². The van der Waals surface area contributed by atoms with E-state index in [4.69, 9.17) is 0 Å². The standard InChI is InChI=1S/C16H20N2O/c1-12-5-6-15-14(11-12)16(7-8-17-15)18(9-10-19)13-3-2-4-13/h5-8,11,13,19H,2-4,9-10H2,1H3. The summed E-state index contributed by atoms with van der Waals surface area (Å²) in [5, 5.41) is 10.5. The van der Waals surface area contributed by atoms with E-state index in [0.29, 0.717) is 12.6 Å². The summed E-state index contributed by atoms with van der Waals surface area (Å²) >= 11 is 0. The molecule has 19 heavy (non-hydrogen) atoms. The number of fused-ring (bicyclic) bond motifs is 1. The molecule has 1 aromatic heterocycles. The highest BCUT2D eigenvalue weighted by Crippen LogP contribution is 2.33. The van der Waals surface area contributed by atoms with Crippen LogP contribution in [0.3, 0.4) is 0 Å². The number of aliphatic hydroxyl groups excluding tert-OH is 1. The summed E-state index contributed by atoms with van der Waals surface area (Å²) < 4.78 is 0. The summed E-state index contributed by atoms with van der Waals surface area (Å²) in [5.41, 5.74) is 3.50. The highest BCUT2D eigenvalue weighted by Gasteiger charge is 2.25. The van der Waals surface area contributed by atoms with Gasteiger partial charge in [-0.25, -0.2) is 0 Å². The number of aromatic nitrogens is 1. The van der Waals surface area contributed by atoms with Gasteiger partial charge in [0.15, 0.2) is 0 Å². The highest BCUT2D eigenvalue weighted by atomic mass is 16.3. The van der Waals surface area contributed by atoms with Gasteiger partial charge in [0.1, 0.15) is 0 Å². The van der Waals surface area contributed by atoms with Crippen LogP contribution in [0.5, 0.6) is 0 Å². The van der Waals surface area contributed by atoms with Crippen molar-refractivity contribution in [2.24, 2.45) is 0 Å². The Morgan fingerprint density at radius 2 is 2.16 bits per heavy atom. The highest BCUT2D eigenvalue weighted by molar-refractivity contribution is 5.92. The molecule has 0 saturated heterocycles. The van der Waals surface area contributed by atoms with Gasteiger partial charge in [-0.1, -0.05) is 11.6 Å². The van der Waals surface area contributed by atoms with E-state index in [9.17, 15) is 5.11 Å². The molecule has 0 radical (unpaired) electrons. The number of pyridine rings is 1. The Balaban J connectivity index is 2.08. The lowest BCUT2D eigenvalue weighted by Gasteiger charge is -2.39. The molecule has 1 aliphatic rings. The van der Waals surface area contributed by atoms with Gasteiger partial charge in [-0.15, -0.1) is 0 Å². The van der Waals surface area contributed by atoms with Gasteiger partial charge in [0.25, 0.3) is 0 Å². The van der Waals surface area contributed by atoms with Crippen molar-refractivity contribution in [1.29, 1.82) is 0 Å². The molecule has 1 saturated carbocycles. The predicted octanol–water partition coefficient (Wildman–Crippen LogP) is 2.89. The zero-order valence-electron chi connectivity index (χ0n) is 11.3. The summed E-state index contributed by atoms with van der Waals surface area (Å²) in [5.74, 6) is 0. The Morgan fingerprint density at radius 1 is 1.32 bits per heavy atom. The summed E-state index contributed by atoms with van der Waals surface area (Å²) in [6.45, 7) is 3.01. The molecule has 1 heterocycles. The number of aliphatic hydroxyl groups is 1. The summed E-state index contributed by atoms with van der Waals surface area (Å²) in [6, 6.07) is 9.03. The molecule has 0 atom stereocenters. The molecule has 2 aromatic rings. The molecule has 0 bridgehead atoms. The van der Waals surface area contributed by atoms with E-state index < -0.39 is 0 Å². The second-order valence-electron chi connectivity index (χ2n) is 5.35. The lowest BCUT2D eigenvalue weighted by molar-refractivity contribution is 0.284.